The molecule has 2 atom stereocenters. The van der Waals surface area contributed by atoms with E-state index in [-0.39, 0.29) is 10.0 Å². The molecule has 1 aromatic carbocycles. The highest BCUT2D eigenvalue weighted by Gasteiger charge is 2.37. The third kappa shape index (κ3) is 2.20. The fourth-order valence-electron chi connectivity index (χ4n) is 3.10. The summed E-state index contributed by atoms with van der Waals surface area (Å²) in [5.74, 6) is -0.544. The van der Waals surface area contributed by atoms with Crippen molar-refractivity contribution < 1.29 is 4.39 Å². The molecule has 2 heterocycles. The summed E-state index contributed by atoms with van der Waals surface area (Å²) in [4.78, 5) is 2.52. The van der Waals surface area contributed by atoms with Crippen LogP contribution in [0.25, 0.3) is 0 Å². The molecule has 2 nitrogen and oxygen atoms in total. The van der Waals surface area contributed by atoms with E-state index < -0.39 is 5.82 Å². The van der Waals surface area contributed by atoms with Gasteiger partial charge in [-0.25, -0.2) is 4.39 Å². The van der Waals surface area contributed by atoms with Crippen LogP contribution in [0, 0.1) is 5.82 Å². The number of nitrogens with zero attached hydrogens (tertiary/aromatic N) is 1. The Morgan fingerprint density at radius 3 is 2.61 bits per heavy atom. The standard InChI is InChI=1S/C13H15Cl2FN2/c14-9-6-8(7-10(15)13(9)16)17-11-3-5-18-4-1-2-12(11)18/h6-7,11-12,17H,1-5H2. The quantitative estimate of drug-likeness (QED) is 0.833. The Bertz CT molecular complexity index is 443. The molecule has 18 heavy (non-hydrogen) atoms. The second-order valence-corrected chi connectivity index (χ2v) is 5.85. The molecule has 5 heteroatoms. The van der Waals surface area contributed by atoms with Crippen molar-refractivity contribution in [3.8, 4) is 0 Å². The van der Waals surface area contributed by atoms with Crippen LogP contribution in [0.2, 0.25) is 10.0 Å². The molecule has 1 aromatic rings. The number of hydrogen-bond donors (Lipinski definition) is 1. The van der Waals surface area contributed by atoms with E-state index in [9.17, 15) is 4.39 Å². The molecular weight excluding hydrogens is 274 g/mol. The van der Waals surface area contributed by atoms with Crippen LogP contribution in [-0.2, 0) is 0 Å². The van der Waals surface area contributed by atoms with Crippen LogP contribution in [0.3, 0.4) is 0 Å². The van der Waals surface area contributed by atoms with E-state index >= 15 is 0 Å². The summed E-state index contributed by atoms with van der Waals surface area (Å²) < 4.78 is 13.3. The molecule has 3 rings (SSSR count). The summed E-state index contributed by atoms with van der Waals surface area (Å²) in [6, 6.07) is 4.25. The molecule has 0 spiro atoms. The predicted octanol–water partition coefficient (Wildman–Crippen LogP) is 3.78. The predicted molar refractivity (Wildman–Crippen MR) is 73.0 cm³/mol. The van der Waals surface area contributed by atoms with Crippen molar-refractivity contribution in [2.75, 3.05) is 18.4 Å². The summed E-state index contributed by atoms with van der Waals surface area (Å²) in [7, 11) is 0. The lowest BCUT2D eigenvalue weighted by Gasteiger charge is -2.22. The van der Waals surface area contributed by atoms with Gasteiger partial charge in [-0.1, -0.05) is 23.2 Å². The molecule has 2 saturated heterocycles. The van der Waals surface area contributed by atoms with Crippen LogP contribution in [0.15, 0.2) is 12.1 Å². The topological polar surface area (TPSA) is 15.3 Å². The lowest BCUT2D eigenvalue weighted by Crippen LogP contribution is -2.33. The lowest BCUT2D eigenvalue weighted by molar-refractivity contribution is 0.318. The zero-order valence-corrected chi connectivity index (χ0v) is 11.4. The SMILES string of the molecule is Fc1c(Cl)cc(NC2CCN3CCCC23)cc1Cl. The van der Waals surface area contributed by atoms with Crippen LogP contribution in [-0.4, -0.2) is 30.1 Å². The smallest absolute Gasteiger partial charge is 0.160 e. The maximum absolute atomic E-state index is 13.3. The Morgan fingerprint density at radius 1 is 1.17 bits per heavy atom. The van der Waals surface area contributed by atoms with Gasteiger partial charge in [0.05, 0.1) is 10.0 Å². The number of rotatable bonds is 2. The zero-order valence-electron chi connectivity index (χ0n) is 9.93. The summed E-state index contributed by atoms with van der Waals surface area (Å²) in [6.07, 6.45) is 3.63. The van der Waals surface area contributed by atoms with Crippen molar-refractivity contribution in [3.05, 3.63) is 28.0 Å². The Kier molecular flexibility index (Phi) is 3.39. The summed E-state index contributed by atoms with van der Waals surface area (Å²) in [5.41, 5.74) is 0.810. The minimum Gasteiger partial charge on any atom is -0.381 e. The number of anilines is 1. The second-order valence-electron chi connectivity index (χ2n) is 5.04. The molecule has 2 unspecified atom stereocenters. The number of fused-ring (bicyclic) bond motifs is 1. The Balaban J connectivity index is 1.77. The molecule has 2 aliphatic rings. The Morgan fingerprint density at radius 2 is 1.89 bits per heavy atom. The Hall–Kier alpha value is -0.510. The number of benzene rings is 1. The first-order valence-electron chi connectivity index (χ1n) is 6.30. The van der Waals surface area contributed by atoms with Gasteiger partial charge < -0.3 is 5.32 Å². The van der Waals surface area contributed by atoms with Crippen LogP contribution < -0.4 is 5.32 Å². The van der Waals surface area contributed by atoms with Gasteiger partial charge in [-0.05, 0) is 37.9 Å². The number of nitrogens with one attached hydrogen (secondary N) is 1. The molecule has 0 aromatic heterocycles. The van der Waals surface area contributed by atoms with E-state index in [2.05, 4.69) is 10.2 Å². The Labute approximate surface area is 116 Å². The molecule has 2 fully saturated rings. The minimum absolute atomic E-state index is 0.0753. The first-order valence-corrected chi connectivity index (χ1v) is 7.06. The first kappa shape index (κ1) is 12.5. The van der Waals surface area contributed by atoms with E-state index in [0.29, 0.717) is 12.1 Å². The molecular formula is C13H15Cl2FN2. The molecule has 1 N–H and O–H groups in total. The van der Waals surface area contributed by atoms with E-state index in [1.807, 2.05) is 0 Å². The normalized spacial score (nSPS) is 27.5. The fourth-order valence-corrected chi connectivity index (χ4v) is 3.59. The van der Waals surface area contributed by atoms with Gasteiger partial charge in [-0.2, -0.15) is 0 Å². The summed E-state index contributed by atoms with van der Waals surface area (Å²) in [6.45, 7) is 2.35. The van der Waals surface area contributed by atoms with Crippen LogP contribution in [0.4, 0.5) is 10.1 Å². The van der Waals surface area contributed by atoms with Gasteiger partial charge in [-0.3, -0.25) is 4.90 Å². The number of halogens is 3. The van der Waals surface area contributed by atoms with Crippen molar-refractivity contribution in [2.24, 2.45) is 0 Å². The van der Waals surface area contributed by atoms with Crippen LogP contribution in [0.1, 0.15) is 19.3 Å². The fraction of sp³-hybridized carbons (Fsp3) is 0.538. The molecule has 98 valence electrons. The molecule has 0 saturated carbocycles. The highest BCUT2D eigenvalue weighted by atomic mass is 35.5. The van der Waals surface area contributed by atoms with Gasteiger partial charge in [0.25, 0.3) is 0 Å². The third-order valence-electron chi connectivity index (χ3n) is 3.94. The molecule has 0 amide bonds. The van der Waals surface area contributed by atoms with E-state index in [1.54, 1.807) is 12.1 Å². The van der Waals surface area contributed by atoms with Crippen LogP contribution in [0.5, 0.6) is 0 Å². The maximum Gasteiger partial charge on any atom is 0.160 e. The zero-order chi connectivity index (χ0) is 12.7. The average Bonchev–Trinajstić information content (AvgIpc) is 2.91. The largest absolute Gasteiger partial charge is 0.381 e. The first-order chi connectivity index (χ1) is 8.65. The highest BCUT2D eigenvalue weighted by molar-refractivity contribution is 6.35. The summed E-state index contributed by atoms with van der Waals surface area (Å²) >= 11 is 11.6. The molecule has 0 aliphatic carbocycles. The van der Waals surface area contributed by atoms with E-state index in [1.165, 1.54) is 19.4 Å². The van der Waals surface area contributed by atoms with Crippen LogP contribution >= 0.6 is 23.2 Å². The van der Waals surface area contributed by atoms with Gasteiger partial charge in [-0.15, -0.1) is 0 Å². The molecule has 2 aliphatic heterocycles. The van der Waals surface area contributed by atoms with Gasteiger partial charge in [0.1, 0.15) is 0 Å². The monoisotopic (exact) mass is 288 g/mol. The van der Waals surface area contributed by atoms with Gasteiger partial charge >= 0.3 is 0 Å². The van der Waals surface area contributed by atoms with Gasteiger partial charge in [0, 0.05) is 24.3 Å². The number of hydrogen-bond acceptors (Lipinski definition) is 2. The van der Waals surface area contributed by atoms with Gasteiger partial charge in [0.2, 0.25) is 0 Å². The van der Waals surface area contributed by atoms with Gasteiger partial charge in [0.15, 0.2) is 5.82 Å². The van der Waals surface area contributed by atoms with E-state index in [4.69, 9.17) is 23.2 Å². The minimum atomic E-state index is -0.544. The average molecular weight is 289 g/mol. The lowest BCUT2D eigenvalue weighted by atomic mass is 10.1. The maximum atomic E-state index is 13.3. The summed E-state index contributed by atoms with van der Waals surface area (Å²) in [5, 5.41) is 3.59. The molecule has 0 bridgehead atoms. The van der Waals surface area contributed by atoms with Crippen molar-refractivity contribution in [1.29, 1.82) is 0 Å². The van der Waals surface area contributed by atoms with Crippen molar-refractivity contribution in [3.63, 3.8) is 0 Å². The van der Waals surface area contributed by atoms with Crippen molar-refractivity contribution >= 4 is 28.9 Å². The van der Waals surface area contributed by atoms with Crippen molar-refractivity contribution in [2.45, 2.75) is 31.3 Å². The van der Waals surface area contributed by atoms with Crippen molar-refractivity contribution in [1.82, 2.24) is 4.90 Å². The third-order valence-corrected chi connectivity index (χ3v) is 4.49. The second kappa shape index (κ2) is 4.87. The molecule has 0 radical (unpaired) electrons. The van der Waals surface area contributed by atoms with E-state index in [0.717, 1.165) is 18.7 Å². The highest BCUT2D eigenvalue weighted by Crippen LogP contribution is 2.32.